The lowest BCUT2D eigenvalue weighted by Gasteiger charge is -2.16. The van der Waals surface area contributed by atoms with Gasteiger partial charge in [0.25, 0.3) is 0 Å². The molecular formula is C18H19ClFN3O2. The molecule has 0 atom stereocenters. The van der Waals surface area contributed by atoms with Gasteiger partial charge in [0.05, 0.1) is 22.9 Å². The first-order valence-electron chi connectivity index (χ1n) is 7.73. The SMILES string of the molecule is CN(CCC(=O)Nc1ccccc1F)CC(=O)Nc1ccccc1Cl. The smallest absolute Gasteiger partial charge is 0.238 e. The molecule has 0 aliphatic heterocycles. The van der Waals surface area contributed by atoms with Crippen molar-refractivity contribution >= 4 is 34.8 Å². The van der Waals surface area contributed by atoms with Crippen molar-refractivity contribution < 1.29 is 14.0 Å². The Kier molecular flexibility index (Phi) is 6.91. The summed E-state index contributed by atoms with van der Waals surface area (Å²) in [7, 11) is 1.72. The number of likely N-dealkylation sites (N-methyl/N-ethyl adjacent to an activating group) is 1. The maximum atomic E-state index is 13.5. The molecule has 0 aromatic heterocycles. The van der Waals surface area contributed by atoms with E-state index in [0.717, 1.165) is 0 Å². The monoisotopic (exact) mass is 363 g/mol. The Morgan fingerprint density at radius 3 is 2.28 bits per heavy atom. The van der Waals surface area contributed by atoms with Gasteiger partial charge in [-0.25, -0.2) is 4.39 Å². The minimum absolute atomic E-state index is 0.109. The Morgan fingerprint density at radius 2 is 1.60 bits per heavy atom. The Balaban J connectivity index is 1.75. The van der Waals surface area contributed by atoms with Crippen LogP contribution >= 0.6 is 11.6 Å². The average Bonchev–Trinajstić information content (AvgIpc) is 2.57. The second kappa shape index (κ2) is 9.15. The van der Waals surface area contributed by atoms with Gasteiger partial charge in [-0.15, -0.1) is 0 Å². The lowest BCUT2D eigenvalue weighted by molar-refractivity contribution is -0.119. The third kappa shape index (κ3) is 6.17. The third-order valence-electron chi connectivity index (χ3n) is 3.43. The van der Waals surface area contributed by atoms with Crippen LogP contribution < -0.4 is 10.6 Å². The highest BCUT2D eigenvalue weighted by Gasteiger charge is 2.11. The van der Waals surface area contributed by atoms with E-state index in [2.05, 4.69) is 10.6 Å². The van der Waals surface area contributed by atoms with Crippen LogP contribution in [-0.2, 0) is 9.59 Å². The number of benzene rings is 2. The van der Waals surface area contributed by atoms with Gasteiger partial charge in [-0.1, -0.05) is 35.9 Å². The molecule has 0 spiro atoms. The van der Waals surface area contributed by atoms with E-state index in [-0.39, 0.29) is 30.5 Å². The zero-order valence-electron chi connectivity index (χ0n) is 13.8. The summed E-state index contributed by atoms with van der Waals surface area (Å²) in [5.74, 6) is -1.03. The minimum Gasteiger partial charge on any atom is -0.324 e. The first-order chi connectivity index (χ1) is 12.0. The van der Waals surface area contributed by atoms with Gasteiger partial charge in [0, 0.05) is 13.0 Å². The molecule has 7 heteroatoms. The molecule has 0 bridgehead atoms. The van der Waals surface area contributed by atoms with Crippen LogP contribution in [0.4, 0.5) is 15.8 Å². The summed E-state index contributed by atoms with van der Waals surface area (Å²) >= 11 is 5.99. The Labute approximate surface area is 150 Å². The molecule has 0 fully saturated rings. The number of rotatable bonds is 7. The predicted molar refractivity (Wildman–Crippen MR) is 97.2 cm³/mol. The summed E-state index contributed by atoms with van der Waals surface area (Å²) in [4.78, 5) is 25.6. The van der Waals surface area contributed by atoms with Gasteiger partial charge in [0.1, 0.15) is 5.82 Å². The maximum Gasteiger partial charge on any atom is 0.238 e. The summed E-state index contributed by atoms with van der Waals surface area (Å²) in [5, 5.41) is 5.68. The van der Waals surface area contributed by atoms with Gasteiger partial charge >= 0.3 is 0 Å². The van der Waals surface area contributed by atoms with Crippen molar-refractivity contribution in [3.63, 3.8) is 0 Å². The second-order valence-corrected chi connectivity index (χ2v) is 5.95. The fourth-order valence-corrected chi connectivity index (χ4v) is 2.33. The third-order valence-corrected chi connectivity index (χ3v) is 3.76. The van der Waals surface area contributed by atoms with Gasteiger partial charge in [-0.05, 0) is 31.3 Å². The maximum absolute atomic E-state index is 13.5. The number of nitrogens with zero attached hydrogens (tertiary/aromatic N) is 1. The van der Waals surface area contributed by atoms with E-state index < -0.39 is 5.82 Å². The van der Waals surface area contributed by atoms with E-state index in [1.165, 1.54) is 12.1 Å². The van der Waals surface area contributed by atoms with Crippen molar-refractivity contribution in [2.75, 3.05) is 30.8 Å². The van der Waals surface area contributed by atoms with E-state index in [1.54, 1.807) is 48.3 Å². The number of anilines is 2. The Hall–Kier alpha value is -2.44. The van der Waals surface area contributed by atoms with Crippen LogP contribution in [0.5, 0.6) is 0 Å². The second-order valence-electron chi connectivity index (χ2n) is 5.54. The number of carbonyl (C=O) groups excluding carboxylic acids is 2. The van der Waals surface area contributed by atoms with Crippen LogP contribution in [0.25, 0.3) is 0 Å². The molecular weight excluding hydrogens is 345 g/mol. The molecule has 2 aromatic carbocycles. The molecule has 132 valence electrons. The number of para-hydroxylation sites is 2. The molecule has 0 aliphatic carbocycles. The lowest BCUT2D eigenvalue weighted by atomic mass is 10.3. The van der Waals surface area contributed by atoms with Crippen molar-refractivity contribution in [3.05, 3.63) is 59.4 Å². The Morgan fingerprint density at radius 1 is 1.00 bits per heavy atom. The standard InChI is InChI=1S/C18H19ClFN3O2/c1-23(12-18(25)21-15-8-4-2-6-13(15)19)11-10-17(24)22-16-9-5-3-7-14(16)20/h2-9H,10-12H2,1H3,(H,21,25)(H,22,24). The summed E-state index contributed by atoms with van der Waals surface area (Å²) in [6.07, 6.45) is 0.143. The number of carbonyl (C=O) groups is 2. The quantitative estimate of drug-likeness (QED) is 0.792. The first kappa shape index (κ1) is 18.9. The number of amides is 2. The van der Waals surface area contributed by atoms with E-state index in [9.17, 15) is 14.0 Å². The topological polar surface area (TPSA) is 61.4 Å². The normalized spacial score (nSPS) is 10.6. The van der Waals surface area contributed by atoms with Crippen molar-refractivity contribution in [2.45, 2.75) is 6.42 Å². The summed E-state index contributed by atoms with van der Waals surface area (Å²) < 4.78 is 13.5. The van der Waals surface area contributed by atoms with Crippen LogP contribution in [-0.4, -0.2) is 36.9 Å². The van der Waals surface area contributed by atoms with Gasteiger partial charge in [0.2, 0.25) is 11.8 Å². The average molecular weight is 364 g/mol. The zero-order valence-corrected chi connectivity index (χ0v) is 14.5. The van der Waals surface area contributed by atoms with Gasteiger partial charge < -0.3 is 10.6 Å². The number of halogens is 2. The summed E-state index contributed by atoms with van der Waals surface area (Å²) in [6.45, 7) is 0.467. The fraction of sp³-hybridized carbons (Fsp3) is 0.222. The minimum atomic E-state index is -0.483. The molecule has 0 saturated carbocycles. The van der Waals surface area contributed by atoms with Crippen LogP contribution in [0.2, 0.25) is 5.02 Å². The molecule has 25 heavy (non-hydrogen) atoms. The zero-order chi connectivity index (χ0) is 18.2. The molecule has 5 nitrogen and oxygen atoms in total. The first-order valence-corrected chi connectivity index (χ1v) is 8.11. The Bertz CT molecular complexity index is 755. The fourth-order valence-electron chi connectivity index (χ4n) is 2.14. The highest BCUT2D eigenvalue weighted by molar-refractivity contribution is 6.33. The summed E-state index contributed by atoms with van der Waals surface area (Å²) in [5.41, 5.74) is 0.687. The molecule has 2 amide bonds. The number of nitrogens with one attached hydrogen (secondary N) is 2. The molecule has 2 aromatic rings. The highest BCUT2D eigenvalue weighted by Crippen LogP contribution is 2.20. The van der Waals surface area contributed by atoms with Crippen molar-refractivity contribution in [2.24, 2.45) is 0 Å². The van der Waals surface area contributed by atoms with Crippen LogP contribution in [0.1, 0.15) is 6.42 Å². The molecule has 0 radical (unpaired) electrons. The molecule has 0 heterocycles. The largest absolute Gasteiger partial charge is 0.324 e. The van der Waals surface area contributed by atoms with E-state index in [1.807, 2.05) is 0 Å². The van der Waals surface area contributed by atoms with E-state index in [0.29, 0.717) is 17.3 Å². The summed E-state index contributed by atoms with van der Waals surface area (Å²) in [6, 6.07) is 12.9. The lowest BCUT2D eigenvalue weighted by Crippen LogP contribution is -2.32. The molecule has 2 N–H and O–H groups in total. The van der Waals surface area contributed by atoms with Gasteiger partial charge in [-0.2, -0.15) is 0 Å². The highest BCUT2D eigenvalue weighted by atomic mass is 35.5. The van der Waals surface area contributed by atoms with Gasteiger partial charge in [-0.3, -0.25) is 14.5 Å². The van der Waals surface area contributed by atoms with Crippen LogP contribution in [0, 0.1) is 5.82 Å². The molecule has 2 rings (SSSR count). The van der Waals surface area contributed by atoms with Crippen molar-refractivity contribution in [3.8, 4) is 0 Å². The number of hydrogen-bond donors (Lipinski definition) is 2. The van der Waals surface area contributed by atoms with Crippen LogP contribution in [0.15, 0.2) is 48.5 Å². The van der Waals surface area contributed by atoms with Crippen molar-refractivity contribution in [1.82, 2.24) is 4.90 Å². The molecule has 0 saturated heterocycles. The van der Waals surface area contributed by atoms with E-state index >= 15 is 0 Å². The molecule has 0 unspecified atom stereocenters. The van der Waals surface area contributed by atoms with Crippen LogP contribution in [0.3, 0.4) is 0 Å². The van der Waals surface area contributed by atoms with Gasteiger partial charge in [0.15, 0.2) is 0 Å². The predicted octanol–water partition coefficient (Wildman–Crippen LogP) is 3.38. The van der Waals surface area contributed by atoms with Crippen molar-refractivity contribution in [1.29, 1.82) is 0 Å². The number of hydrogen-bond acceptors (Lipinski definition) is 3. The molecule has 0 aliphatic rings. The van der Waals surface area contributed by atoms with E-state index in [4.69, 9.17) is 11.6 Å².